The molecule has 0 radical (unpaired) electrons. The van der Waals surface area contributed by atoms with Gasteiger partial charge in [0, 0.05) is 21.8 Å². The van der Waals surface area contributed by atoms with Crippen LogP contribution in [0.3, 0.4) is 0 Å². The van der Waals surface area contributed by atoms with Gasteiger partial charge in [0.2, 0.25) is 0 Å². The average molecular weight is 347 g/mol. The molecule has 4 aromatic carbocycles. The van der Waals surface area contributed by atoms with E-state index in [1.807, 2.05) is 12.1 Å². The highest BCUT2D eigenvalue weighted by Crippen LogP contribution is 2.24. The van der Waals surface area contributed by atoms with Gasteiger partial charge in [-0.1, -0.05) is 97.1 Å². The van der Waals surface area contributed by atoms with Gasteiger partial charge in [0.05, 0.1) is 0 Å². The van der Waals surface area contributed by atoms with Crippen LogP contribution < -0.4 is 0 Å². The molecule has 0 aliphatic carbocycles. The van der Waals surface area contributed by atoms with E-state index in [-0.39, 0.29) is 0 Å². The third kappa shape index (κ3) is 4.26. The number of benzene rings is 4. The van der Waals surface area contributed by atoms with Gasteiger partial charge in [-0.3, -0.25) is 0 Å². The van der Waals surface area contributed by atoms with Crippen LogP contribution >= 0.6 is 0 Å². The van der Waals surface area contributed by atoms with Crippen molar-refractivity contribution in [3.63, 3.8) is 0 Å². The lowest BCUT2D eigenvalue weighted by atomic mass is 10.1. The summed E-state index contributed by atoms with van der Waals surface area (Å²) in [4.78, 5) is 3.38. The molecule has 1 aromatic heterocycles. The van der Waals surface area contributed by atoms with Gasteiger partial charge in [-0.15, -0.1) is 12.8 Å². The summed E-state index contributed by atoms with van der Waals surface area (Å²) >= 11 is 0. The Bertz CT molecular complexity index is 1030. The molecule has 0 aliphatic rings. The van der Waals surface area contributed by atoms with E-state index in [4.69, 9.17) is 0 Å². The van der Waals surface area contributed by atoms with Crippen LogP contribution in [-0.2, 0) is 0 Å². The Labute approximate surface area is 160 Å². The van der Waals surface area contributed by atoms with Crippen LogP contribution in [0.2, 0.25) is 0 Å². The quantitative estimate of drug-likeness (QED) is 0.317. The van der Waals surface area contributed by atoms with Crippen molar-refractivity contribution in [2.45, 2.75) is 0 Å². The van der Waals surface area contributed by atoms with Crippen molar-refractivity contribution in [3.8, 4) is 24.0 Å². The summed E-state index contributed by atoms with van der Waals surface area (Å²) in [6.45, 7) is 0. The van der Waals surface area contributed by atoms with Crippen LogP contribution in [0.15, 0.2) is 109 Å². The molecule has 0 saturated heterocycles. The van der Waals surface area contributed by atoms with E-state index < -0.39 is 0 Å². The predicted molar refractivity (Wildman–Crippen MR) is 118 cm³/mol. The van der Waals surface area contributed by atoms with Crippen LogP contribution in [-0.4, -0.2) is 4.98 Å². The molecular weight excluding hydrogens is 326 g/mol. The maximum Gasteiger partial charge on any atom is 0.0464 e. The molecule has 27 heavy (non-hydrogen) atoms. The zero-order valence-corrected chi connectivity index (χ0v) is 15.0. The van der Waals surface area contributed by atoms with Crippen molar-refractivity contribution >= 4 is 21.8 Å². The van der Waals surface area contributed by atoms with E-state index in [1.165, 1.54) is 32.9 Å². The first-order chi connectivity index (χ1) is 13.4. The summed E-state index contributed by atoms with van der Waals surface area (Å²) in [6.07, 6.45) is 8.00. The first-order valence-electron chi connectivity index (χ1n) is 8.81. The van der Waals surface area contributed by atoms with Gasteiger partial charge in [0.25, 0.3) is 0 Å². The van der Waals surface area contributed by atoms with Crippen molar-refractivity contribution in [2.24, 2.45) is 0 Å². The van der Waals surface area contributed by atoms with Crippen LogP contribution in [0, 0.1) is 12.8 Å². The Balaban J connectivity index is 0.000000143. The summed E-state index contributed by atoms with van der Waals surface area (Å²) in [6, 6.07) is 37.5. The minimum Gasteiger partial charge on any atom is -0.355 e. The zero-order chi connectivity index (χ0) is 18.9. The van der Waals surface area contributed by atoms with E-state index in [0.717, 1.165) is 0 Å². The second-order valence-corrected chi connectivity index (χ2v) is 5.95. The molecule has 1 nitrogen and oxygen atoms in total. The second kappa shape index (κ2) is 9.08. The second-order valence-electron chi connectivity index (χ2n) is 5.95. The maximum absolute atomic E-state index is 4.00. The maximum atomic E-state index is 4.00. The molecule has 0 unspecified atom stereocenters. The average Bonchev–Trinajstić information content (AvgIpc) is 3.16. The molecule has 0 saturated carbocycles. The molecule has 5 aromatic rings. The SMILES string of the molecule is C#C.c1ccc(-c2ccccc2)cc1.c1ccc2c(c1)[nH]c1ccccc12. The van der Waals surface area contributed by atoms with Crippen molar-refractivity contribution in [1.82, 2.24) is 4.98 Å². The third-order valence-electron chi connectivity index (χ3n) is 4.29. The first-order valence-corrected chi connectivity index (χ1v) is 8.81. The number of rotatable bonds is 1. The summed E-state index contributed by atoms with van der Waals surface area (Å²) in [7, 11) is 0. The monoisotopic (exact) mass is 347 g/mol. The standard InChI is InChI=1S/C12H9N.C12H10.C2H2/c1-3-7-11-9(5-1)10-6-2-4-8-12(10)13-11;1-3-7-11(8-4-1)12-9-5-2-6-10-12;1-2/h1-8,13H;1-10H;1-2H. The lowest BCUT2D eigenvalue weighted by Gasteiger charge is -1.98. The molecule has 0 fully saturated rings. The van der Waals surface area contributed by atoms with Crippen LogP contribution in [0.1, 0.15) is 0 Å². The topological polar surface area (TPSA) is 15.8 Å². The van der Waals surface area contributed by atoms with Crippen molar-refractivity contribution in [1.29, 1.82) is 0 Å². The molecular formula is C26H21N. The van der Waals surface area contributed by atoms with Crippen molar-refractivity contribution in [3.05, 3.63) is 109 Å². The summed E-state index contributed by atoms with van der Waals surface area (Å²) < 4.78 is 0. The third-order valence-corrected chi connectivity index (χ3v) is 4.29. The first kappa shape index (κ1) is 18.0. The zero-order valence-electron chi connectivity index (χ0n) is 15.0. The molecule has 0 bridgehead atoms. The molecule has 1 N–H and O–H groups in total. The Morgan fingerprint density at radius 1 is 0.407 bits per heavy atom. The highest BCUT2D eigenvalue weighted by Gasteiger charge is 2.00. The number of fused-ring (bicyclic) bond motifs is 3. The van der Waals surface area contributed by atoms with Gasteiger partial charge in [0.15, 0.2) is 0 Å². The predicted octanol–water partition coefficient (Wildman–Crippen LogP) is 6.92. The number of terminal acetylenes is 1. The van der Waals surface area contributed by atoms with Gasteiger partial charge in [-0.25, -0.2) is 0 Å². The van der Waals surface area contributed by atoms with Crippen LogP contribution in [0.4, 0.5) is 0 Å². The lowest BCUT2D eigenvalue weighted by Crippen LogP contribution is -1.73. The van der Waals surface area contributed by atoms with E-state index in [2.05, 4.69) is 115 Å². The van der Waals surface area contributed by atoms with Gasteiger partial charge >= 0.3 is 0 Å². The molecule has 1 heteroatoms. The summed E-state index contributed by atoms with van der Waals surface area (Å²) in [5, 5.41) is 2.61. The number of aromatic amines is 1. The number of aromatic nitrogens is 1. The lowest BCUT2D eigenvalue weighted by molar-refractivity contribution is 1.55. The molecule has 0 atom stereocenters. The fourth-order valence-electron chi connectivity index (χ4n) is 3.06. The fraction of sp³-hybridized carbons (Fsp3) is 0. The van der Waals surface area contributed by atoms with Gasteiger partial charge < -0.3 is 4.98 Å². The van der Waals surface area contributed by atoms with Gasteiger partial charge in [-0.05, 0) is 23.3 Å². The van der Waals surface area contributed by atoms with Crippen LogP contribution in [0.25, 0.3) is 32.9 Å². The minimum atomic E-state index is 1.21. The highest BCUT2D eigenvalue weighted by atomic mass is 14.7. The number of hydrogen-bond donors (Lipinski definition) is 1. The molecule has 5 rings (SSSR count). The van der Waals surface area contributed by atoms with E-state index >= 15 is 0 Å². The Hall–Kier alpha value is -3.76. The van der Waals surface area contributed by atoms with Gasteiger partial charge in [-0.2, -0.15) is 0 Å². The van der Waals surface area contributed by atoms with Gasteiger partial charge in [0.1, 0.15) is 0 Å². The number of nitrogens with one attached hydrogen (secondary N) is 1. The van der Waals surface area contributed by atoms with E-state index in [0.29, 0.717) is 0 Å². The molecule has 130 valence electrons. The largest absolute Gasteiger partial charge is 0.355 e. The molecule has 0 spiro atoms. The highest BCUT2D eigenvalue weighted by molar-refractivity contribution is 6.06. The molecule has 0 amide bonds. The Kier molecular flexibility index (Phi) is 6.07. The fourth-order valence-corrected chi connectivity index (χ4v) is 3.06. The van der Waals surface area contributed by atoms with Crippen molar-refractivity contribution in [2.75, 3.05) is 0 Å². The number of H-pyrrole nitrogens is 1. The minimum absolute atomic E-state index is 1.21. The number of para-hydroxylation sites is 2. The van der Waals surface area contributed by atoms with Crippen LogP contribution in [0.5, 0.6) is 0 Å². The Morgan fingerprint density at radius 2 is 0.741 bits per heavy atom. The van der Waals surface area contributed by atoms with E-state index in [9.17, 15) is 0 Å². The molecule has 0 aliphatic heterocycles. The number of hydrogen-bond acceptors (Lipinski definition) is 0. The Morgan fingerprint density at radius 3 is 1.15 bits per heavy atom. The smallest absolute Gasteiger partial charge is 0.0464 e. The summed E-state index contributed by atoms with van der Waals surface area (Å²) in [5.41, 5.74) is 4.98. The summed E-state index contributed by atoms with van der Waals surface area (Å²) in [5.74, 6) is 0. The van der Waals surface area contributed by atoms with E-state index in [1.54, 1.807) is 0 Å². The normalized spacial score (nSPS) is 9.70. The van der Waals surface area contributed by atoms with Crippen molar-refractivity contribution < 1.29 is 0 Å². The molecule has 1 heterocycles.